The van der Waals surface area contributed by atoms with E-state index in [1.165, 1.54) is 18.2 Å². The Morgan fingerprint density at radius 2 is 2.06 bits per heavy atom. The van der Waals surface area contributed by atoms with Crippen molar-refractivity contribution in [3.8, 4) is 0 Å². The van der Waals surface area contributed by atoms with Gasteiger partial charge in [0.2, 0.25) is 0 Å². The number of nitrogens with zero attached hydrogens (tertiary/aromatic N) is 1. The third-order valence-electron chi connectivity index (χ3n) is 3.11. The summed E-state index contributed by atoms with van der Waals surface area (Å²) in [4.78, 5) is 2.34. The lowest BCUT2D eigenvalue weighted by molar-refractivity contribution is 0.285. The Kier molecular flexibility index (Phi) is 3.69. The molecule has 0 spiro atoms. The normalized spacial score (nSPS) is 20.7. The maximum Gasteiger partial charge on any atom is 0.130 e. The van der Waals surface area contributed by atoms with Crippen molar-refractivity contribution in [1.82, 2.24) is 4.90 Å². The van der Waals surface area contributed by atoms with Crippen molar-refractivity contribution >= 4 is 17.2 Å². The number of benzene rings is 1. The predicted octanol–water partition coefficient (Wildman–Crippen LogP) is 2.22. The summed E-state index contributed by atoms with van der Waals surface area (Å²) in [5, 5.41) is 0. The van der Waals surface area contributed by atoms with Crippen molar-refractivity contribution in [2.75, 3.05) is 6.54 Å². The number of likely N-dealkylation sites (tertiary alicyclic amines) is 1. The molecule has 5 heteroatoms. The van der Waals surface area contributed by atoms with Crippen LogP contribution in [0.3, 0.4) is 0 Å². The first-order valence-electron chi connectivity index (χ1n) is 5.56. The molecule has 1 fully saturated rings. The van der Waals surface area contributed by atoms with Crippen molar-refractivity contribution in [3.05, 3.63) is 35.4 Å². The number of nitrogens with two attached hydrogens (primary N) is 1. The third-order valence-corrected chi connectivity index (χ3v) is 3.39. The summed E-state index contributed by atoms with van der Waals surface area (Å²) in [5.41, 5.74) is 5.71. The van der Waals surface area contributed by atoms with Crippen molar-refractivity contribution in [3.63, 3.8) is 0 Å². The Labute approximate surface area is 104 Å². The van der Waals surface area contributed by atoms with E-state index in [1.807, 2.05) is 4.90 Å². The fourth-order valence-corrected chi connectivity index (χ4v) is 2.49. The maximum absolute atomic E-state index is 13.5. The van der Waals surface area contributed by atoms with Gasteiger partial charge < -0.3 is 5.73 Å². The Hall–Kier alpha value is -1.07. The fourth-order valence-electron chi connectivity index (χ4n) is 2.22. The van der Waals surface area contributed by atoms with E-state index in [9.17, 15) is 8.78 Å². The van der Waals surface area contributed by atoms with Crippen molar-refractivity contribution < 1.29 is 8.78 Å². The van der Waals surface area contributed by atoms with Crippen LogP contribution in [0.15, 0.2) is 18.2 Å². The zero-order chi connectivity index (χ0) is 12.4. The summed E-state index contributed by atoms with van der Waals surface area (Å²) >= 11 is 4.96. The van der Waals surface area contributed by atoms with E-state index in [0.717, 1.165) is 19.4 Å². The minimum Gasteiger partial charge on any atom is -0.392 e. The highest BCUT2D eigenvalue weighted by molar-refractivity contribution is 7.80. The molecule has 1 aromatic carbocycles. The largest absolute Gasteiger partial charge is 0.392 e. The zero-order valence-electron chi connectivity index (χ0n) is 9.33. The van der Waals surface area contributed by atoms with E-state index in [1.54, 1.807) is 0 Å². The van der Waals surface area contributed by atoms with Crippen LogP contribution in [0.4, 0.5) is 8.78 Å². The number of thiocarbonyl (C=S) groups is 1. The van der Waals surface area contributed by atoms with Gasteiger partial charge in [0.05, 0.1) is 11.0 Å². The first-order chi connectivity index (χ1) is 8.09. The Bertz CT molecular complexity index is 416. The van der Waals surface area contributed by atoms with E-state index in [4.69, 9.17) is 18.0 Å². The average Bonchev–Trinajstić information content (AvgIpc) is 2.72. The summed E-state index contributed by atoms with van der Waals surface area (Å²) in [6.45, 7) is 0.996. The van der Waals surface area contributed by atoms with Crippen molar-refractivity contribution in [2.24, 2.45) is 5.73 Å². The highest BCUT2D eigenvalue weighted by Gasteiger charge is 2.27. The molecule has 0 aromatic heterocycles. The highest BCUT2D eigenvalue weighted by atomic mass is 32.1. The maximum atomic E-state index is 13.5. The minimum atomic E-state index is -0.515. The summed E-state index contributed by atoms with van der Waals surface area (Å²) in [6, 6.07) is 3.86. The van der Waals surface area contributed by atoms with Gasteiger partial charge in [-0.3, -0.25) is 4.90 Å². The summed E-state index contributed by atoms with van der Waals surface area (Å²) < 4.78 is 27.0. The van der Waals surface area contributed by atoms with Gasteiger partial charge in [0.25, 0.3) is 0 Å². The van der Waals surface area contributed by atoms with Gasteiger partial charge in [-0.15, -0.1) is 0 Å². The van der Waals surface area contributed by atoms with Gasteiger partial charge in [0, 0.05) is 12.1 Å². The van der Waals surface area contributed by atoms with Gasteiger partial charge in [-0.2, -0.15) is 0 Å². The molecule has 92 valence electrons. The van der Waals surface area contributed by atoms with Gasteiger partial charge in [-0.05, 0) is 31.5 Å². The molecule has 1 unspecified atom stereocenters. The SMILES string of the molecule is NC(=S)C1CCCN1Cc1c(F)cccc1F. The first kappa shape index (κ1) is 12.4. The molecule has 0 radical (unpaired) electrons. The molecular weight excluding hydrogens is 242 g/mol. The second-order valence-electron chi connectivity index (χ2n) is 4.23. The lowest BCUT2D eigenvalue weighted by atomic mass is 10.1. The van der Waals surface area contributed by atoms with Crippen LogP contribution in [0.25, 0.3) is 0 Å². The molecule has 1 saturated heterocycles. The van der Waals surface area contributed by atoms with E-state index in [-0.39, 0.29) is 18.2 Å². The number of hydrogen-bond acceptors (Lipinski definition) is 2. The Morgan fingerprint density at radius 1 is 1.41 bits per heavy atom. The summed E-state index contributed by atoms with van der Waals surface area (Å²) in [6.07, 6.45) is 1.82. The van der Waals surface area contributed by atoms with E-state index in [0.29, 0.717) is 4.99 Å². The van der Waals surface area contributed by atoms with E-state index >= 15 is 0 Å². The standard InChI is InChI=1S/C12H14F2N2S/c13-9-3-1-4-10(14)8(9)7-16-6-2-5-11(16)12(15)17/h1,3-4,11H,2,5-7H2,(H2,15,17). The molecular formula is C12H14F2N2S. The molecule has 0 aliphatic carbocycles. The van der Waals surface area contributed by atoms with Crippen LogP contribution in [0.5, 0.6) is 0 Å². The van der Waals surface area contributed by atoms with Gasteiger partial charge >= 0.3 is 0 Å². The van der Waals surface area contributed by atoms with Crippen LogP contribution in [0.2, 0.25) is 0 Å². The molecule has 0 saturated carbocycles. The van der Waals surface area contributed by atoms with Crippen LogP contribution in [0, 0.1) is 11.6 Å². The molecule has 2 nitrogen and oxygen atoms in total. The van der Waals surface area contributed by atoms with Gasteiger partial charge in [0.15, 0.2) is 0 Å². The first-order valence-corrected chi connectivity index (χ1v) is 5.96. The van der Waals surface area contributed by atoms with Crippen LogP contribution in [0.1, 0.15) is 18.4 Å². The number of rotatable bonds is 3. The van der Waals surface area contributed by atoms with Crippen LogP contribution >= 0.6 is 12.2 Å². The van der Waals surface area contributed by atoms with Gasteiger partial charge in [0.1, 0.15) is 11.6 Å². The zero-order valence-corrected chi connectivity index (χ0v) is 10.1. The van der Waals surface area contributed by atoms with Crippen LogP contribution < -0.4 is 5.73 Å². The second-order valence-corrected chi connectivity index (χ2v) is 4.70. The molecule has 1 aliphatic heterocycles. The number of hydrogen-bond donors (Lipinski definition) is 1. The molecule has 2 N–H and O–H groups in total. The average molecular weight is 256 g/mol. The van der Waals surface area contributed by atoms with Crippen molar-refractivity contribution in [2.45, 2.75) is 25.4 Å². The Morgan fingerprint density at radius 3 is 2.65 bits per heavy atom. The summed E-state index contributed by atoms with van der Waals surface area (Å²) in [5.74, 6) is -1.03. The predicted molar refractivity (Wildman–Crippen MR) is 66.6 cm³/mol. The van der Waals surface area contributed by atoms with Crippen molar-refractivity contribution in [1.29, 1.82) is 0 Å². The van der Waals surface area contributed by atoms with Crippen LogP contribution in [-0.2, 0) is 6.54 Å². The fraction of sp³-hybridized carbons (Fsp3) is 0.417. The van der Waals surface area contributed by atoms with Gasteiger partial charge in [-0.25, -0.2) is 8.78 Å². The smallest absolute Gasteiger partial charge is 0.130 e. The molecule has 2 rings (SSSR count). The molecule has 1 atom stereocenters. The molecule has 1 heterocycles. The minimum absolute atomic E-state index is 0.0380. The monoisotopic (exact) mass is 256 g/mol. The third kappa shape index (κ3) is 2.61. The van der Waals surface area contributed by atoms with E-state index < -0.39 is 11.6 Å². The molecule has 1 aromatic rings. The lowest BCUT2D eigenvalue weighted by Gasteiger charge is -2.23. The highest BCUT2D eigenvalue weighted by Crippen LogP contribution is 2.22. The topological polar surface area (TPSA) is 29.3 Å². The quantitative estimate of drug-likeness (QED) is 0.841. The molecule has 0 bridgehead atoms. The number of halogens is 2. The van der Waals surface area contributed by atoms with Crippen LogP contribution in [-0.4, -0.2) is 22.5 Å². The molecule has 0 amide bonds. The summed E-state index contributed by atoms with van der Waals surface area (Å²) in [7, 11) is 0. The van der Waals surface area contributed by atoms with Gasteiger partial charge in [-0.1, -0.05) is 18.3 Å². The second kappa shape index (κ2) is 5.06. The molecule has 1 aliphatic rings. The lowest BCUT2D eigenvalue weighted by Crippen LogP contribution is -2.39. The molecule has 17 heavy (non-hydrogen) atoms. The Balaban J connectivity index is 2.18. The van der Waals surface area contributed by atoms with E-state index in [2.05, 4.69) is 0 Å².